The number of nitrogens with zero attached hydrogens (tertiary/aromatic N) is 1. The molecule has 1 aliphatic heterocycles. The Morgan fingerprint density at radius 1 is 1.17 bits per heavy atom. The van der Waals surface area contributed by atoms with Gasteiger partial charge < -0.3 is 9.64 Å². The van der Waals surface area contributed by atoms with Gasteiger partial charge in [-0.05, 0) is 68.5 Å². The first-order chi connectivity index (χ1) is 11.6. The van der Waals surface area contributed by atoms with E-state index in [2.05, 4.69) is 23.1 Å². The topological polar surface area (TPSA) is 29.5 Å². The zero-order valence-electron chi connectivity index (χ0n) is 14.8. The molecule has 0 N–H and O–H groups in total. The van der Waals surface area contributed by atoms with Gasteiger partial charge in [0.1, 0.15) is 5.75 Å². The summed E-state index contributed by atoms with van der Waals surface area (Å²) in [5, 5.41) is 0. The normalized spacial score (nSPS) is 13.5. The highest BCUT2D eigenvalue weighted by Gasteiger charge is 2.21. The van der Waals surface area contributed by atoms with Crippen molar-refractivity contribution >= 4 is 11.5 Å². The van der Waals surface area contributed by atoms with E-state index in [1.165, 1.54) is 11.3 Å². The van der Waals surface area contributed by atoms with Crippen molar-refractivity contribution in [1.82, 2.24) is 0 Å². The Bertz CT molecular complexity index is 751. The number of rotatable bonds is 5. The Kier molecular flexibility index (Phi) is 4.89. The second kappa shape index (κ2) is 7.08. The van der Waals surface area contributed by atoms with Crippen LogP contribution in [0.4, 0.5) is 5.69 Å². The molecular formula is C21H25NO2. The summed E-state index contributed by atoms with van der Waals surface area (Å²) >= 11 is 0. The molecule has 0 spiro atoms. The summed E-state index contributed by atoms with van der Waals surface area (Å²) in [6.07, 6.45) is 2.18. The van der Waals surface area contributed by atoms with Gasteiger partial charge in [-0.3, -0.25) is 4.79 Å². The number of hydrogen-bond acceptors (Lipinski definition) is 3. The minimum Gasteiger partial charge on any atom is -0.493 e. The molecule has 0 fully saturated rings. The highest BCUT2D eigenvalue weighted by molar-refractivity contribution is 6.02. The number of aryl methyl sites for hydroxylation is 3. The summed E-state index contributed by atoms with van der Waals surface area (Å²) in [4.78, 5) is 15.2. The minimum atomic E-state index is 0.123. The SMILES string of the molecule is CCOc1cc(C)c(C)cc1C(=O)CN1CCCc2ccccc21. The highest BCUT2D eigenvalue weighted by atomic mass is 16.5. The Hall–Kier alpha value is -2.29. The lowest BCUT2D eigenvalue weighted by molar-refractivity contribution is 0.0995. The van der Waals surface area contributed by atoms with Crippen LogP contribution in [0.1, 0.15) is 40.4 Å². The number of anilines is 1. The van der Waals surface area contributed by atoms with Crippen molar-refractivity contribution in [2.45, 2.75) is 33.6 Å². The molecule has 2 aromatic carbocycles. The van der Waals surface area contributed by atoms with Crippen LogP contribution in [0.15, 0.2) is 36.4 Å². The van der Waals surface area contributed by atoms with Gasteiger partial charge in [-0.2, -0.15) is 0 Å². The van der Waals surface area contributed by atoms with E-state index in [1.54, 1.807) is 0 Å². The monoisotopic (exact) mass is 323 g/mol. The molecular weight excluding hydrogens is 298 g/mol. The quantitative estimate of drug-likeness (QED) is 0.767. The Morgan fingerprint density at radius 3 is 2.71 bits per heavy atom. The lowest BCUT2D eigenvalue weighted by Gasteiger charge is -2.30. The third-order valence-electron chi connectivity index (χ3n) is 4.74. The number of hydrogen-bond donors (Lipinski definition) is 0. The van der Waals surface area contributed by atoms with Gasteiger partial charge in [-0.25, -0.2) is 0 Å². The van der Waals surface area contributed by atoms with Gasteiger partial charge in [0.05, 0.1) is 18.7 Å². The molecule has 0 bridgehead atoms. The number of Topliss-reactive ketones (excluding diaryl/α,β-unsaturated/α-hetero) is 1. The minimum absolute atomic E-state index is 0.123. The van der Waals surface area contributed by atoms with Crippen molar-refractivity contribution in [2.75, 3.05) is 24.6 Å². The largest absolute Gasteiger partial charge is 0.493 e. The molecule has 1 heterocycles. The summed E-state index contributed by atoms with van der Waals surface area (Å²) in [6.45, 7) is 7.93. The highest BCUT2D eigenvalue weighted by Crippen LogP contribution is 2.28. The van der Waals surface area contributed by atoms with Crippen LogP contribution in [-0.4, -0.2) is 25.5 Å². The summed E-state index contributed by atoms with van der Waals surface area (Å²) in [5.74, 6) is 0.828. The van der Waals surface area contributed by atoms with Gasteiger partial charge in [0.15, 0.2) is 5.78 Å². The second-order valence-corrected chi connectivity index (χ2v) is 6.44. The first-order valence-electron chi connectivity index (χ1n) is 8.70. The molecule has 126 valence electrons. The average Bonchev–Trinajstić information content (AvgIpc) is 2.58. The second-order valence-electron chi connectivity index (χ2n) is 6.44. The fraction of sp³-hybridized carbons (Fsp3) is 0.381. The van der Waals surface area contributed by atoms with Crippen LogP contribution >= 0.6 is 0 Å². The van der Waals surface area contributed by atoms with Crippen LogP contribution in [0.25, 0.3) is 0 Å². The van der Waals surface area contributed by atoms with E-state index in [0.29, 0.717) is 24.5 Å². The summed E-state index contributed by atoms with van der Waals surface area (Å²) in [5.41, 5.74) is 5.50. The number of benzene rings is 2. The van der Waals surface area contributed by atoms with E-state index in [-0.39, 0.29) is 5.78 Å². The molecule has 3 nitrogen and oxygen atoms in total. The predicted octanol–water partition coefficient (Wildman–Crippen LogP) is 4.34. The van der Waals surface area contributed by atoms with E-state index < -0.39 is 0 Å². The van der Waals surface area contributed by atoms with Crippen molar-refractivity contribution in [3.8, 4) is 5.75 Å². The molecule has 3 heteroatoms. The predicted molar refractivity (Wildman–Crippen MR) is 98.4 cm³/mol. The fourth-order valence-corrected chi connectivity index (χ4v) is 3.32. The van der Waals surface area contributed by atoms with Crippen LogP contribution in [0.5, 0.6) is 5.75 Å². The number of para-hydroxylation sites is 1. The molecule has 0 aromatic heterocycles. The number of ether oxygens (including phenoxy) is 1. The van der Waals surface area contributed by atoms with Crippen molar-refractivity contribution in [2.24, 2.45) is 0 Å². The number of fused-ring (bicyclic) bond motifs is 1. The lowest BCUT2D eigenvalue weighted by Crippen LogP contribution is -2.34. The van der Waals surface area contributed by atoms with Crippen molar-refractivity contribution in [3.63, 3.8) is 0 Å². The van der Waals surface area contributed by atoms with Gasteiger partial charge in [0.2, 0.25) is 0 Å². The average molecular weight is 323 g/mol. The zero-order chi connectivity index (χ0) is 17.1. The van der Waals surface area contributed by atoms with E-state index in [0.717, 1.165) is 30.5 Å². The maximum Gasteiger partial charge on any atom is 0.185 e. The van der Waals surface area contributed by atoms with Gasteiger partial charge in [-0.1, -0.05) is 18.2 Å². The molecule has 0 atom stereocenters. The van der Waals surface area contributed by atoms with Gasteiger partial charge >= 0.3 is 0 Å². The van der Waals surface area contributed by atoms with Crippen LogP contribution in [0.2, 0.25) is 0 Å². The van der Waals surface area contributed by atoms with E-state index >= 15 is 0 Å². The fourth-order valence-electron chi connectivity index (χ4n) is 3.32. The van der Waals surface area contributed by atoms with E-state index in [9.17, 15) is 4.79 Å². The molecule has 0 saturated heterocycles. The smallest absolute Gasteiger partial charge is 0.185 e. The number of carbonyl (C=O) groups excluding carboxylic acids is 1. The van der Waals surface area contributed by atoms with Crippen LogP contribution in [0, 0.1) is 13.8 Å². The third-order valence-corrected chi connectivity index (χ3v) is 4.74. The maximum atomic E-state index is 13.0. The molecule has 1 aliphatic rings. The first-order valence-corrected chi connectivity index (χ1v) is 8.70. The Morgan fingerprint density at radius 2 is 1.92 bits per heavy atom. The summed E-state index contributed by atoms with van der Waals surface area (Å²) in [7, 11) is 0. The molecule has 0 radical (unpaired) electrons. The van der Waals surface area contributed by atoms with Crippen molar-refractivity contribution in [3.05, 3.63) is 58.7 Å². The first kappa shape index (κ1) is 16.6. The maximum absolute atomic E-state index is 13.0. The van der Waals surface area contributed by atoms with Crippen LogP contribution in [-0.2, 0) is 6.42 Å². The molecule has 24 heavy (non-hydrogen) atoms. The summed E-state index contributed by atoms with van der Waals surface area (Å²) < 4.78 is 5.71. The van der Waals surface area contributed by atoms with Crippen LogP contribution < -0.4 is 9.64 Å². The molecule has 0 aliphatic carbocycles. The van der Waals surface area contributed by atoms with Crippen molar-refractivity contribution in [1.29, 1.82) is 0 Å². The molecule has 0 saturated carbocycles. The van der Waals surface area contributed by atoms with Crippen LogP contribution in [0.3, 0.4) is 0 Å². The van der Waals surface area contributed by atoms with Gasteiger partial charge in [0, 0.05) is 12.2 Å². The van der Waals surface area contributed by atoms with Gasteiger partial charge in [-0.15, -0.1) is 0 Å². The molecule has 3 rings (SSSR count). The standard InChI is InChI=1S/C21H25NO2/c1-4-24-21-13-16(3)15(2)12-18(21)20(23)14-22-11-7-9-17-8-5-6-10-19(17)22/h5-6,8,10,12-13H,4,7,9,11,14H2,1-3H3. The third kappa shape index (κ3) is 3.30. The Labute approximate surface area is 144 Å². The lowest BCUT2D eigenvalue weighted by atomic mass is 9.99. The van der Waals surface area contributed by atoms with E-state index in [1.807, 2.05) is 39.0 Å². The summed E-state index contributed by atoms with van der Waals surface area (Å²) in [6, 6.07) is 12.3. The van der Waals surface area contributed by atoms with E-state index in [4.69, 9.17) is 4.74 Å². The molecule has 2 aromatic rings. The molecule has 0 unspecified atom stereocenters. The number of ketones is 1. The van der Waals surface area contributed by atoms with Gasteiger partial charge in [0.25, 0.3) is 0 Å². The zero-order valence-corrected chi connectivity index (χ0v) is 14.8. The number of carbonyl (C=O) groups is 1. The van der Waals surface area contributed by atoms with Crippen molar-refractivity contribution < 1.29 is 9.53 Å². The molecule has 0 amide bonds. The Balaban J connectivity index is 1.87.